The van der Waals surface area contributed by atoms with Crippen molar-refractivity contribution in [3.8, 4) is 5.75 Å². The number of carbonyl (C=O) groups is 2. The average molecular weight is 327 g/mol. The molecule has 122 valence electrons. The van der Waals surface area contributed by atoms with Gasteiger partial charge in [0.05, 0.1) is 11.1 Å². The number of hydrazone groups is 1. The van der Waals surface area contributed by atoms with Gasteiger partial charge in [-0.2, -0.15) is 5.10 Å². The Morgan fingerprint density at radius 3 is 2.54 bits per heavy atom. The minimum Gasteiger partial charge on any atom is -0.427 e. The number of nitrogens with zero attached hydrogens (tertiary/aromatic N) is 2. The van der Waals surface area contributed by atoms with Crippen LogP contribution in [0.4, 0.5) is 5.69 Å². The fourth-order valence-electron chi connectivity index (χ4n) is 1.79. The Morgan fingerprint density at radius 2 is 1.92 bits per heavy atom. The fraction of sp³-hybridized carbons (Fsp3) is 0.0625. The van der Waals surface area contributed by atoms with Gasteiger partial charge >= 0.3 is 5.97 Å². The van der Waals surface area contributed by atoms with Gasteiger partial charge in [-0.1, -0.05) is 12.1 Å². The molecule has 8 heteroatoms. The van der Waals surface area contributed by atoms with E-state index in [4.69, 9.17) is 4.74 Å². The van der Waals surface area contributed by atoms with Crippen LogP contribution in [0.3, 0.4) is 0 Å². The van der Waals surface area contributed by atoms with E-state index in [9.17, 15) is 19.7 Å². The van der Waals surface area contributed by atoms with Crippen LogP contribution in [0.15, 0.2) is 53.6 Å². The summed E-state index contributed by atoms with van der Waals surface area (Å²) in [6.07, 6.45) is 1.39. The molecule has 0 unspecified atom stereocenters. The van der Waals surface area contributed by atoms with Gasteiger partial charge in [-0.05, 0) is 29.8 Å². The van der Waals surface area contributed by atoms with E-state index in [2.05, 4.69) is 10.5 Å². The molecule has 1 amide bonds. The Bertz CT molecular complexity index is 800. The lowest BCUT2D eigenvalue weighted by Gasteiger charge is -2.02. The van der Waals surface area contributed by atoms with Crippen LogP contribution < -0.4 is 10.2 Å². The summed E-state index contributed by atoms with van der Waals surface area (Å²) in [6, 6.07) is 11.8. The molecule has 2 rings (SSSR count). The van der Waals surface area contributed by atoms with E-state index in [1.54, 1.807) is 24.3 Å². The van der Waals surface area contributed by atoms with Crippen LogP contribution in [-0.2, 0) is 4.79 Å². The number of nitro groups is 1. The predicted octanol–water partition coefficient (Wildman–Crippen LogP) is 2.28. The quantitative estimate of drug-likeness (QED) is 0.298. The Balaban J connectivity index is 1.99. The van der Waals surface area contributed by atoms with E-state index in [-0.39, 0.29) is 11.3 Å². The number of non-ortho nitro benzene ring substituents is 1. The fourth-order valence-corrected chi connectivity index (χ4v) is 1.79. The second-order valence-electron chi connectivity index (χ2n) is 4.67. The molecule has 0 spiro atoms. The molecule has 2 aromatic carbocycles. The highest BCUT2D eigenvalue weighted by molar-refractivity contribution is 5.95. The molecule has 0 aliphatic carbocycles. The summed E-state index contributed by atoms with van der Waals surface area (Å²) in [4.78, 5) is 32.8. The second kappa shape index (κ2) is 7.63. The van der Waals surface area contributed by atoms with Gasteiger partial charge in [-0.25, -0.2) is 5.43 Å². The molecular weight excluding hydrogens is 314 g/mol. The Labute approximate surface area is 136 Å². The lowest BCUT2D eigenvalue weighted by atomic mass is 10.2. The Morgan fingerprint density at radius 1 is 1.21 bits per heavy atom. The molecule has 8 nitrogen and oxygen atoms in total. The van der Waals surface area contributed by atoms with Crippen LogP contribution in [0.5, 0.6) is 5.75 Å². The summed E-state index contributed by atoms with van der Waals surface area (Å²) in [5.74, 6) is -0.569. The molecular formula is C16H13N3O5. The molecule has 0 bridgehead atoms. The van der Waals surface area contributed by atoms with Gasteiger partial charge < -0.3 is 4.74 Å². The average Bonchev–Trinajstić information content (AvgIpc) is 2.54. The van der Waals surface area contributed by atoms with Gasteiger partial charge in [0, 0.05) is 24.6 Å². The highest BCUT2D eigenvalue weighted by atomic mass is 16.6. The third kappa shape index (κ3) is 4.73. The van der Waals surface area contributed by atoms with E-state index >= 15 is 0 Å². The molecule has 0 fully saturated rings. The summed E-state index contributed by atoms with van der Waals surface area (Å²) in [6.45, 7) is 1.30. The van der Waals surface area contributed by atoms with Crippen molar-refractivity contribution in [3.05, 3.63) is 69.8 Å². The highest BCUT2D eigenvalue weighted by Crippen LogP contribution is 2.13. The number of hydrogen-bond donors (Lipinski definition) is 1. The van der Waals surface area contributed by atoms with E-state index < -0.39 is 16.8 Å². The van der Waals surface area contributed by atoms with E-state index in [1.807, 2.05) is 0 Å². The number of ether oxygens (including phenoxy) is 1. The predicted molar refractivity (Wildman–Crippen MR) is 85.9 cm³/mol. The third-order valence-electron chi connectivity index (χ3n) is 2.84. The number of nitrogens with one attached hydrogen (secondary N) is 1. The lowest BCUT2D eigenvalue weighted by molar-refractivity contribution is -0.384. The van der Waals surface area contributed by atoms with Gasteiger partial charge in [0.1, 0.15) is 5.75 Å². The Kier molecular flexibility index (Phi) is 5.35. The molecule has 0 radical (unpaired) electrons. The van der Waals surface area contributed by atoms with Crippen molar-refractivity contribution in [3.63, 3.8) is 0 Å². The molecule has 0 aliphatic rings. The van der Waals surface area contributed by atoms with Crippen LogP contribution in [0.1, 0.15) is 22.8 Å². The Hall–Kier alpha value is -3.55. The first-order valence-electron chi connectivity index (χ1n) is 6.82. The maximum Gasteiger partial charge on any atom is 0.308 e. The first-order valence-corrected chi connectivity index (χ1v) is 6.82. The summed E-state index contributed by atoms with van der Waals surface area (Å²) in [5.41, 5.74) is 3.07. The van der Waals surface area contributed by atoms with E-state index in [0.717, 1.165) is 0 Å². The molecule has 1 N–H and O–H groups in total. The molecule has 0 aliphatic heterocycles. The van der Waals surface area contributed by atoms with Gasteiger partial charge in [0.15, 0.2) is 0 Å². The molecule has 0 saturated carbocycles. The van der Waals surface area contributed by atoms with Crippen molar-refractivity contribution >= 4 is 23.8 Å². The first kappa shape index (κ1) is 16.8. The minimum atomic E-state index is -0.546. The van der Waals surface area contributed by atoms with Crippen molar-refractivity contribution in [1.82, 2.24) is 5.43 Å². The topological polar surface area (TPSA) is 111 Å². The largest absolute Gasteiger partial charge is 0.427 e. The number of esters is 1. The maximum absolute atomic E-state index is 11.9. The normalized spacial score (nSPS) is 10.4. The lowest BCUT2D eigenvalue weighted by Crippen LogP contribution is -2.17. The molecule has 0 saturated heterocycles. The number of nitro benzene ring substituents is 1. The summed E-state index contributed by atoms with van der Waals surface area (Å²) < 4.78 is 4.94. The third-order valence-corrected chi connectivity index (χ3v) is 2.84. The summed E-state index contributed by atoms with van der Waals surface area (Å²) in [7, 11) is 0. The maximum atomic E-state index is 11.9. The smallest absolute Gasteiger partial charge is 0.308 e. The zero-order valence-electron chi connectivity index (χ0n) is 12.6. The standard InChI is InChI=1S/C16H13N3O5/c1-11(20)24-15-4-2-3-12(9-15)10-17-18-16(21)13-5-7-14(8-6-13)19(22)23/h2-10H,1H3,(H,18,21)/b17-10-. The van der Waals surface area contributed by atoms with Crippen molar-refractivity contribution in [2.45, 2.75) is 6.92 Å². The van der Waals surface area contributed by atoms with E-state index in [1.165, 1.54) is 37.4 Å². The number of hydrogen-bond acceptors (Lipinski definition) is 6. The second-order valence-corrected chi connectivity index (χ2v) is 4.67. The zero-order valence-corrected chi connectivity index (χ0v) is 12.6. The van der Waals surface area contributed by atoms with Crippen molar-refractivity contribution in [2.24, 2.45) is 5.10 Å². The summed E-state index contributed by atoms with van der Waals surface area (Å²) >= 11 is 0. The van der Waals surface area contributed by atoms with Crippen molar-refractivity contribution in [1.29, 1.82) is 0 Å². The molecule has 0 heterocycles. The van der Waals surface area contributed by atoms with Crippen LogP contribution in [-0.4, -0.2) is 23.0 Å². The SMILES string of the molecule is CC(=O)Oc1cccc(/C=N\NC(=O)c2ccc([N+](=O)[O-])cc2)c1. The van der Waals surface area contributed by atoms with Crippen LogP contribution >= 0.6 is 0 Å². The zero-order chi connectivity index (χ0) is 17.5. The van der Waals surface area contributed by atoms with Gasteiger partial charge in [0.2, 0.25) is 0 Å². The van der Waals surface area contributed by atoms with E-state index in [0.29, 0.717) is 11.3 Å². The highest BCUT2D eigenvalue weighted by Gasteiger charge is 2.08. The van der Waals surface area contributed by atoms with Crippen molar-refractivity contribution in [2.75, 3.05) is 0 Å². The molecule has 24 heavy (non-hydrogen) atoms. The molecule has 0 aromatic heterocycles. The number of amides is 1. The van der Waals surface area contributed by atoms with Gasteiger partial charge in [0.25, 0.3) is 11.6 Å². The first-order chi connectivity index (χ1) is 11.5. The minimum absolute atomic E-state index is 0.0997. The monoisotopic (exact) mass is 327 g/mol. The summed E-state index contributed by atoms with van der Waals surface area (Å²) in [5, 5.41) is 14.4. The molecule has 2 aromatic rings. The van der Waals surface area contributed by atoms with Crippen LogP contribution in [0.2, 0.25) is 0 Å². The van der Waals surface area contributed by atoms with Crippen LogP contribution in [0.25, 0.3) is 0 Å². The molecule has 0 atom stereocenters. The van der Waals surface area contributed by atoms with Crippen LogP contribution in [0, 0.1) is 10.1 Å². The number of rotatable bonds is 5. The van der Waals surface area contributed by atoms with Gasteiger partial charge in [-0.15, -0.1) is 0 Å². The number of carbonyl (C=O) groups excluding carboxylic acids is 2. The van der Waals surface area contributed by atoms with Crippen molar-refractivity contribution < 1.29 is 19.2 Å². The number of benzene rings is 2. The van der Waals surface area contributed by atoms with Gasteiger partial charge in [-0.3, -0.25) is 19.7 Å².